The van der Waals surface area contributed by atoms with Crippen molar-refractivity contribution in [3.8, 4) is 17.6 Å². The number of likely N-dealkylation sites (tertiary alicyclic amines) is 1. The summed E-state index contributed by atoms with van der Waals surface area (Å²) in [7, 11) is 0. The molecular formula is C26H28F2N6O2. The Morgan fingerprint density at radius 2 is 1.97 bits per heavy atom. The molecule has 1 saturated heterocycles. The number of nitrogens with zero attached hydrogens (tertiary/aromatic N) is 4. The number of hydrogen-bond donors (Lipinski definition) is 2. The van der Waals surface area contributed by atoms with Crippen LogP contribution in [0.15, 0.2) is 48.5 Å². The molecule has 1 aromatic heterocycles. The van der Waals surface area contributed by atoms with Crippen LogP contribution in [0.4, 0.5) is 19.4 Å². The van der Waals surface area contributed by atoms with Crippen molar-refractivity contribution in [3.05, 3.63) is 71.3 Å². The summed E-state index contributed by atoms with van der Waals surface area (Å²) in [6.07, 6.45) is 0.332. The van der Waals surface area contributed by atoms with E-state index in [0.717, 1.165) is 11.8 Å². The summed E-state index contributed by atoms with van der Waals surface area (Å²) in [6.45, 7) is 5.60. The molecule has 0 radical (unpaired) electrons. The van der Waals surface area contributed by atoms with Crippen LogP contribution in [0.3, 0.4) is 0 Å². The average molecular weight is 495 g/mol. The van der Waals surface area contributed by atoms with Crippen LogP contribution in [-0.2, 0) is 0 Å². The normalized spacial score (nSPS) is 17.5. The summed E-state index contributed by atoms with van der Waals surface area (Å²) in [6, 6.07) is 14.5. The van der Waals surface area contributed by atoms with Gasteiger partial charge in [-0.2, -0.15) is 5.26 Å². The maximum Gasteiger partial charge on any atom is 0.320 e. The number of nitriles is 1. The molecule has 2 amide bonds. The van der Waals surface area contributed by atoms with E-state index < -0.39 is 17.7 Å². The summed E-state index contributed by atoms with van der Waals surface area (Å²) in [5, 5.41) is 19.4. The first kappa shape index (κ1) is 25.1. The Balaban J connectivity index is 1.57. The van der Waals surface area contributed by atoms with Crippen LogP contribution < -0.4 is 15.4 Å². The number of anilines is 1. The lowest BCUT2D eigenvalue weighted by atomic mass is 9.94. The van der Waals surface area contributed by atoms with Crippen molar-refractivity contribution in [1.29, 1.82) is 5.26 Å². The van der Waals surface area contributed by atoms with Gasteiger partial charge < -0.3 is 10.1 Å². The number of benzene rings is 2. The number of para-hydroxylation sites is 1. The first-order valence-electron chi connectivity index (χ1n) is 11.8. The van der Waals surface area contributed by atoms with Crippen molar-refractivity contribution in [1.82, 2.24) is 20.0 Å². The van der Waals surface area contributed by atoms with Crippen LogP contribution in [0.25, 0.3) is 5.69 Å². The first-order valence-corrected chi connectivity index (χ1v) is 11.8. The van der Waals surface area contributed by atoms with E-state index in [1.54, 1.807) is 4.68 Å². The molecule has 2 N–H and O–H groups in total. The number of nitrogens with one attached hydrogen (secondary N) is 2. The third-order valence-corrected chi connectivity index (χ3v) is 6.22. The predicted octanol–water partition coefficient (Wildman–Crippen LogP) is 4.36. The van der Waals surface area contributed by atoms with E-state index in [1.807, 2.05) is 49.1 Å². The minimum atomic E-state index is -0.933. The Hall–Kier alpha value is -3.97. The molecule has 1 aliphatic heterocycles. The number of urea groups is 1. The Morgan fingerprint density at radius 3 is 2.67 bits per heavy atom. The van der Waals surface area contributed by atoms with Gasteiger partial charge in [0, 0.05) is 32.0 Å². The Labute approximate surface area is 208 Å². The largest absolute Gasteiger partial charge is 0.477 e. The molecule has 2 heterocycles. The van der Waals surface area contributed by atoms with E-state index in [-0.39, 0.29) is 12.0 Å². The summed E-state index contributed by atoms with van der Waals surface area (Å²) in [5.41, 5.74) is 2.02. The van der Waals surface area contributed by atoms with E-state index in [9.17, 15) is 13.6 Å². The fourth-order valence-corrected chi connectivity index (χ4v) is 4.47. The number of ether oxygens (including phenoxy) is 1. The molecule has 10 heteroatoms. The van der Waals surface area contributed by atoms with Crippen LogP contribution in [0, 0.1) is 29.9 Å². The van der Waals surface area contributed by atoms with Gasteiger partial charge in [0.15, 0.2) is 11.6 Å². The molecule has 0 saturated carbocycles. The molecule has 1 fully saturated rings. The van der Waals surface area contributed by atoms with E-state index in [0.29, 0.717) is 55.5 Å². The van der Waals surface area contributed by atoms with Gasteiger partial charge in [-0.25, -0.2) is 18.3 Å². The van der Waals surface area contributed by atoms with Gasteiger partial charge in [0.05, 0.1) is 30.0 Å². The highest BCUT2D eigenvalue weighted by Crippen LogP contribution is 2.31. The number of halogens is 2. The molecule has 8 nitrogen and oxygen atoms in total. The van der Waals surface area contributed by atoms with Crippen molar-refractivity contribution in [3.63, 3.8) is 0 Å². The lowest BCUT2D eigenvalue weighted by molar-refractivity contribution is 0.247. The smallest absolute Gasteiger partial charge is 0.320 e. The Morgan fingerprint density at radius 1 is 1.19 bits per heavy atom. The third-order valence-electron chi connectivity index (χ3n) is 6.22. The lowest BCUT2D eigenvalue weighted by Crippen LogP contribution is -2.42. The molecule has 188 valence electrons. The van der Waals surface area contributed by atoms with Gasteiger partial charge in [-0.1, -0.05) is 24.3 Å². The van der Waals surface area contributed by atoms with Crippen molar-refractivity contribution in [2.45, 2.75) is 32.2 Å². The van der Waals surface area contributed by atoms with E-state index >= 15 is 0 Å². The minimum absolute atomic E-state index is 0.274. The van der Waals surface area contributed by atoms with Crippen LogP contribution in [0.1, 0.15) is 30.4 Å². The number of aromatic nitrogens is 2. The van der Waals surface area contributed by atoms with Gasteiger partial charge in [0.1, 0.15) is 5.82 Å². The number of hydrogen-bond acceptors (Lipinski definition) is 5. The Kier molecular flexibility index (Phi) is 7.80. The number of carbonyl (C=O) groups is 1. The maximum absolute atomic E-state index is 14.0. The monoisotopic (exact) mass is 494 g/mol. The molecule has 3 aromatic rings. The zero-order valence-electron chi connectivity index (χ0n) is 20.2. The third kappa shape index (κ3) is 5.47. The van der Waals surface area contributed by atoms with E-state index in [1.165, 1.54) is 12.1 Å². The average Bonchev–Trinajstić information content (AvgIpc) is 3.41. The zero-order chi connectivity index (χ0) is 25.7. The maximum atomic E-state index is 14.0. The highest BCUT2D eigenvalue weighted by Gasteiger charge is 2.35. The molecule has 2 unspecified atom stereocenters. The summed E-state index contributed by atoms with van der Waals surface area (Å²) in [5.74, 6) is -1.25. The quantitative estimate of drug-likeness (QED) is 0.485. The van der Waals surface area contributed by atoms with Crippen LogP contribution in [0.2, 0.25) is 0 Å². The molecule has 36 heavy (non-hydrogen) atoms. The summed E-state index contributed by atoms with van der Waals surface area (Å²) in [4.78, 5) is 15.2. The van der Waals surface area contributed by atoms with Gasteiger partial charge >= 0.3 is 6.03 Å². The predicted molar refractivity (Wildman–Crippen MR) is 131 cm³/mol. The van der Waals surface area contributed by atoms with Crippen molar-refractivity contribution in [2.24, 2.45) is 0 Å². The van der Waals surface area contributed by atoms with E-state index in [2.05, 4.69) is 21.8 Å². The molecule has 1 aliphatic rings. The molecule has 4 rings (SSSR count). The Bertz CT molecular complexity index is 1260. The number of rotatable bonds is 8. The summed E-state index contributed by atoms with van der Waals surface area (Å²) >= 11 is 0. The SMILES string of the molecule is CCOc1nn(-c2ccccc2)c(NC(=O)NC2CN(CCC#N)CC2c2ccc(F)c(F)c2)c1C. The second-order valence-corrected chi connectivity index (χ2v) is 8.61. The molecule has 0 aliphatic carbocycles. The fourth-order valence-electron chi connectivity index (χ4n) is 4.47. The fraction of sp³-hybridized carbons (Fsp3) is 0.346. The van der Waals surface area contributed by atoms with Crippen LogP contribution >= 0.6 is 0 Å². The second kappa shape index (κ2) is 11.2. The standard InChI is InChI=1S/C26H28F2N6O2/c1-3-36-25-17(2)24(34(32-25)19-8-5-4-6-9-19)31-26(35)30-23-16-33(13-7-12-29)15-20(23)18-10-11-21(27)22(28)14-18/h4-6,8-11,14,20,23H,3,7,13,15-16H2,1-2H3,(H2,30,31,35). The van der Waals surface area contributed by atoms with E-state index in [4.69, 9.17) is 10.00 Å². The minimum Gasteiger partial charge on any atom is -0.477 e. The van der Waals surface area contributed by atoms with Gasteiger partial charge in [-0.3, -0.25) is 10.2 Å². The van der Waals surface area contributed by atoms with Gasteiger partial charge in [0.25, 0.3) is 0 Å². The zero-order valence-corrected chi connectivity index (χ0v) is 20.2. The van der Waals surface area contributed by atoms with Gasteiger partial charge in [0.2, 0.25) is 5.88 Å². The number of amides is 2. The highest BCUT2D eigenvalue weighted by molar-refractivity contribution is 5.90. The van der Waals surface area contributed by atoms with Crippen LogP contribution in [0.5, 0.6) is 5.88 Å². The topological polar surface area (TPSA) is 95.2 Å². The molecule has 0 spiro atoms. The lowest BCUT2D eigenvalue weighted by Gasteiger charge is -2.21. The number of carbonyl (C=O) groups excluding carboxylic acids is 1. The first-order chi connectivity index (χ1) is 17.4. The molecule has 2 atom stereocenters. The highest BCUT2D eigenvalue weighted by atomic mass is 19.2. The van der Waals surface area contributed by atoms with Crippen molar-refractivity contribution < 1.29 is 18.3 Å². The second-order valence-electron chi connectivity index (χ2n) is 8.61. The molecule has 2 aromatic carbocycles. The van der Waals surface area contributed by atoms with Crippen molar-refractivity contribution >= 4 is 11.8 Å². The van der Waals surface area contributed by atoms with Gasteiger partial charge in [-0.05, 0) is 43.7 Å². The molecular weight excluding hydrogens is 466 g/mol. The van der Waals surface area contributed by atoms with Gasteiger partial charge in [-0.15, -0.1) is 5.10 Å². The summed E-state index contributed by atoms with van der Waals surface area (Å²) < 4.78 is 34.8. The van der Waals surface area contributed by atoms with Crippen molar-refractivity contribution in [2.75, 3.05) is 31.6 Å². The molecule has 0 bridgehead atoms. The van der Waals surface area contributed by atoms with Crippen LogP contribution in [-0.4, -0.2) is 53.0 Å².